The molecule has 1 atom stereocenters. The summed E-state index contributed by atoms with van der Waals surface area (Å²) in [5.74, 6) is 3.10. The molecule has 1 N–H and O–H groups in total. The van der Waals surface area contributed by atoms with Gasteiger partial charge in [0.05, 0.1) is 13.1 Å². The van der Waals surface area contributed by atoms with Crippen molar-refractivity contribution in [2.45, 2.75) is 53.1 Å². The van der Waals surface area contributed by atoms with Gasteiger partial charge in [-0.1, -0.05) is 13.8 Å². The maximum absolute atomic E-state index is 5.98. The number of aryl methyl sites for hydroxylation is 1. The first-order chi connectivity index (χ1) is 9.19. The molecule has 1 saturated heterocycles. The van der Waals surface area contributed by atoms with E-state index in [9.17, 15) is 0 Å². The van der Waals surface area contributed by atoms with Gasteiger partial charge in [0.2, 0.25) is 0 Å². The Morgan fingerprint density at radius 3 is 3.00 bits per heavy atom. The van der Waals surface area contributed by atoms with E-state index in [1.807, 2.05) is 0 Å². The normalized spacial score (nSPS) is 21.5. The molecule has 1 aliphatic rings. The van der Waals surface area contributed by atoms with Crippen molar-refractivity contribution in [2.24, 2.45) is 5.92 Å². The predicted octanol–water partition coefficient (Wildman–Crippen LogP) is 3.32. The minimum absolute atomic E-state index is 0.847. The molecule has 19 heavy (non-hydrogen) atoms. The van der Waals surface area contributed by atoms with Gasteiger partial charge in [-0.15, -0.1) is 0 Å². The molecule has 2 heterocycles. The van der Waals surface area contributed by atoms with Crippen LogP contribution in [0.15, 0.2) is 10.5 Å². The topological polar surface area (TPSA) is 28.4 Å². The van der Waals surface area contributed by atoms with Gasteiger partial charge in [-0.25, -0.2) is 0 Å². The third kappa shape index (κ3) is 4.36. The van der Waals surface area contributed by atoms with Crippen molar-refractivity contribution in [2.75, 3.05) is 19.6 Å². The van der Waals surface area contributed by atoms with Crippen LogP contribution >= 0.6 is 0 Å². The lowest BCUT2D eigenvalue weighted by molar-refractivity contribution is 0.247. The third-order valence-electron chi connectivity index (χ3n) is 4.10. The van der Waals surface area contributed by atoms with E-state index in [0.29, 0.717) is 0 Å². The molecule has 0 aromatic carbocycles. The zero-order valence-corrected chi connectivity index (χ0v) is 12.7. The van der Waals surface area contributed by atoms with E-state index in [-0.39, 0.29) is 0 Å². The van der Waals surface area contributed by atoms with Crippen molar-refractivity contribution in [3.63, 3.8) is 0 Å². The van der Waals surface area contributed by atoms with Crippen LogP contribution in [-0.4, -0.2) is 24.5 Å². The summed E-state index contributed by atoms with van der Waals surface area (Å²) < 4.78 is 5.98. The Hall–Kier alpha value is -0.800. The molecule has 0 bridgehead atoms. The van der Waals surface area contributed by atoms with E-state index in [1.54, 1.807) is 0 Å². The lowest BCUT2D eigenvalue weighted by Crippen LogP contribution is -2.23. The molecule has 1 aromatic heterocycles. The van der Waals surface area contributed by atoms with Gasteiger partial charge in [-0.3, -0.25) is 4.90 Å². The lowest BCUT2D eigenvalue weighted by atomic mass is 10.0. The van der Waals surface area contributed by atoms with Crippen LogP contribution < -0.4 is 5.32 Å². The number of nitrogens with zero attached hydrogens (tertiary/aromatic N) is 1. The van der Waals surface area contributed by atoms with Crippen molar-refractivity contribution < 1.29 is 4.42 Å². The van der Waals surface area contributed by atoms with Crippen LogP contribution in [0.3, 0.4) is 0 Å². The van der Waals surface area contributed by atoms with Crippen molar-refractivity contribution in [3.8, 4) is 0 Å². The largest absolute Gasteiger partial charge is 0.463 e. The fourth-order valence-electron chi connectivity index (χ4n) is 2.78. The number of nitrogens with one attached hydrogen (secondary N) is 1. The standard InChI is InChI=1S/C16H28N2O/c1-4-17-11-16-14(3)10-15(19-16)12-18-8-5-6-13(2)7-9-18/h10,13,17H,4-9,11-12H2,1-3H3. The molecule has 1 aromatic rings. The number of rotatable bonds is 5. The quantitative estimate of drug-likeness (QED) is 0.884. The summed E-state index contributed by atoms with van der Waals surface area (Å²) >= 11 is 0. The minimum Gasteiger partial charge on any atom is -0.463 e. The highest BCUT2D eigenvalue weighted by Gasteiger charge is 2.16. The van der Waals surface area contributed by atoms with Crippen LogP contribution in [-0.2, 0) is 13.1 Å². The molecule has 108 valence electrons. The summed E-state index contributed by atoms with van der Waals surface area (Å²) in [5.41, 5.74) is 1.28. The van der Waals surface area contributed by atoms with Gasteiger partial charge >= 0.3 is 0 Å². The molecule has 1 unspecified atom stereocenters. The highest BCUT2D eigenvalue weighted by atomic mass is 16.3. The Labute approximate surface area is 117 Å². The van der Waals surface area contributed by atoms with E-state index in [2.05, 4.69) is 37.1 Å². The summed E-state index contributed by atoms with van der Waals surface area (Å²) in [6.07, 6.45) is 4.02. The van der Waals surface area contributed by atoms with Crippen LogP contribution in [0.1, 0.15) is 50.2 Å². The molecule has 0 saturated carbocycles. The number of hydrogen-bond acceptors (Lipinski definition) is 3. The minimum atomic E-state index is 0.847. The third-order valence-corrected chi connectivity index (χ3v) is 4.10. The van der Waals surface area contributed by atoms with Crippen LogP contribution in [0.2, 0.25) is 0 Å². The number of hydrogen-bond donors (Lipinski definition) is 1. The first-order valence-corrected chi connectivity index (χ1v) is 7.70. The zero-order valence-electron chi connectivity index (χ0n) is 12.7. The van der Waals surface area contributed by atoms with Gasteiger partial charge in [0.15, 0.2) is 0 Å². The van der Waals surface area contributed by atoms with Gasteiger partial charge < -0.3 is 9.73 Å². The second-order valence-corrected chi connectivity index (χ2v) is 5.91. The van der Waals surface area contributed by atoms with Crippen molar-refractivity contribution in [1.29, 1.82) is 0 Å². The zero-order chi connectivity index (χ0) is 13.7. The average Bonchev–Trinajstić information content (AvgIpc) is 2.59. The summed E-state index contributed by atoms with van der Waals surface area (Å²) in [4.78, 5) is 2.54. The Morgan fingerprint density at radius 1 is 1.37 bits per heavy atom. The van der Waals surface area contributed by atoms with Crippen molar-refractivity contribution in [3.05, 3.63) is 23.2 Å². The lowest BCUT2D eigenvalue weighted by Gasteiger charge is -2.18. The van der Waals surface area contributed by atoms with Crippen LogP contribution in [0, 0.1) is 12.8 Å². The molecule has 1 aliphatic heterocycles. The highest BCUT2D eigenvalue weighted by Crippen LogP contribution is 2.20. The fourth-order valence-corrected chi connectivity index (χ4v) is 2.78. The Balaban J connectivity index is 1.91. The second-order valence-electron chi connectivity index (χ2n) is 5.91. The summed E-state index contributed by atoms with van der Waals surface area (Å²) in [6, 6.07) is 2.21. The molecular formula is C16H28N2O. The number of likely N-dealkylation sites (tertiary alicyclic amines) is 1. The summed E-state index contributed by atoms with van der Waals surface area (Å²) in [5, 5.41) is 3.33. The van der Waals surface area contributed by atoms with Gasteiger partial charge in [0.1, 0.15) is 11.5 Å². The molecule has 3 nitrogen and oxygen atoms in total. The maximum atomic E-state index is 5.98. The van der Waals surface area contributed by atoms with Crippen LogP contribution in [0.5, 0.6) is 0 Å². The SMILES string of the molecule is CCNCc1oc(CN2CCCC(C)CC2)cc1C. The van der Waals surface area contributed by atoms with Crippen LogP contribution in [0.4, 0.5) is 0 Å². The molecule has 0 spiro atoms. The van der Waals surface area contributed by atoms with Gasteiger partial charge in [-0.2, -0.15) is 0 Å². The Bertz CT molecular complexity index is 386. The average molecular weight is 264 g/mol. The molecule has 0 amide bonds. The second kappa shape index (κ2) is 7.11. The Morgan fingerprint density at radius 2 is 2.21 bits per heavy atom. The van der Waals surface area contributed by atoms with E-state index >= 15 is 0 Å². The summed E-state index contributed by atoms with van der Waals surface area (Å²) in [6.45, 7) is 11.9. The smallest absolute Gasteiger partial charge is 0.120 e. The predicted molar refractivity (Wildman–Crippen MR) is 79.1 cm³/mol. The molecule has 0 radical (unpaired) electrons. The molecular weight excluding hydrogens is 236 g/mol. The van der Waals surface area contributed by atoms with E-state index in [4.69, 9.17) is 4.42 Å². The monoisotopic (exact) mass is 264 g/mol. The van der Waals surface area contributed by atoms with E-state index in [0.717, 1.165) is 37.1 Å². The first kappa shape index (κ1) is 14.6. The maximum Gasteiger partial charge on any atom is 0.120 e. The van der Waals surface area contributed by atoms with E-state index < -0.39 is 0 Å². The molecule has 2 rings (SSSR count). The van der Waals surface area contributed by atoms with Crippen LogP contribution in [0.25, 0.3) is 0 Å². The van der Waals surface area contributed by atoms with Gasteiger partial charge in [-0.05, 0) is 63.4 Å². The van der Waals surface area contributed by atoms with Gasteiger partial charge in [0, 0.05) is 0 Å². The highest BCUT2D eigenvalue weighted by molar-refractivity contribution is 5.20. The van der Waals surface area contributed by atoms with Gasteiger partial charge in [0.25, 0.3) is 0 Å². The Kier molecular flexibility index (Phi) is 5.46. The number of furan rings is 1. The molecule has 1 fully saturated rings. The van der Waals surface area contributed by atoms with Crippen molar-refractivity contribution in [1.82, 2.24) is 10.2 Å². The first-order valence-electron chi connectivity index (χ1n) is 7.70. The van der Waals surface area contributed by atoms with Crippen molar-refractivity contribution >= 4 is 0 Å². The summed E-state index contributed by atoms with van der Waals surface area (Å²) in [7, 11) is 0. The molecule has 0 aliphatic carbocycles. The van der Waals surface area contributed by atoms with E-state index in [1.165, 1.54) is 37.9 Å². The molecule has 3 heteroatoms. The fraction of sp³-hybridized carbons (Fsp3) is 0.750.